The molecule has 0 aliphatic carbocycles. The maximum absolute atomic E-state index is 11.5. The molecule has 0 heterocycles. The first-order valence-electron chi connectivity index (χ1n) is 7.69. The molecule has 1 atom stereocenters. The van der Waals surface area contributed by atoms with Crippen LogP contribution in [0.3, 0.4) is 0 Å². The third-order valence-corrected chi connectivity index (χ3v) is 3.57. The van der Waals surface area contributed by atoms with Crippen molar-refractivity contribution in [2.24, 2.45) is 5.73 Å². The summed E-state index contributed by atoms with van der Waals surface area (Å²) in [6.45, 7) is 3.97. The molecule has 2 N–H and O–H groups in total. The van der Waals surface area contributed by atoms with Gasteiger partial charge < -0.3 is 15.2 Å². The van der Waals surface area contributed by atoms with Crippen LogP contribution in [0.5, 0.6) is 11.5 Å². The Kier molecular flexibility index (Phi) is 5.63. The molecule has 0 saturated carbocycles. The fourth-order valence-corrected chi connectivity index (χ4v) is 2.61. The number of hydrogen-bond acceptors (Lipinski definition) is 3. The van der Waals surface area contributed by atoms with Gasteiger partial charge in [-0.3, -0.25) is 4.79 Å². The first-order valence-corrected chi connectivity index (χ1v) is 7.69. The molecule has 4 heteroatoms. The van der Waals surface area contributed by atoms with Crippen LogP contribution in [0.1, 0.15) is 37.3 Å². The molecule has 122 valence electrons. The van der Waals surface area contributed by atoms with E-state index in [0.717, 1.165) is 22.6 Å². The highest BCUT2D eigenvalue weighted by Crippen LogP contribution is 2.34. The van der Waals surface area contributed by atoms with Crippen LogP contribution in [0.2, 0.25) is 0 Å². The third kappa shape index (κ3) is 4.49. The Balaban J connectivity index is 2.37. The molecule has 2 rings (SSSR count). The molecule has 0 saturated heterocycles. The van der Waals surface area contributed by atoms with Gasteiger partial charge in [0.25, 0.3) is 0 Å². The SMILES string of the molecule is COc1ccccc1C(CC(N)=O)c1ccc(OC(C)C)cc1. The minimum atomic E-state index is -0.344. The number of rotatable bonds is 7. The number of primary amides is 1. The van der Waals surface area contributed by atoms with E-state index in [0.29, 0.717) is 0 Å². The number of hydrogen-bond donors (Lipinski definition) is 1. The molecule has 0 bridgehead atoms. The van der Waals surface area contributed by atoms with E-state index in [1.807, 2.05) is 62.4 Å². The molecule has 0 radical (unpaired) electrons. The Hall–Kier alpha value is -2.49. The van der Waals surface area contributed by atoms with Crippen molar-refractivity contribution < 1.29 is 14.3 Å². The summed E-state index contributed by atoms with van der Waals surface area (Å²) in [6, 6.07) is 15.5. The molecular weight excluding hydrogens is 290 g/mol. The molecule has 2 aromatic rings. The summed E-state index contributed by atoms with van der Waals surface area (Å²) < 4.78 is 11.1. The molecule has 0 aromatic heterocycles. The van der Waals surface area contributed by atoms with Crippen molar-refractivity contribution in [3.63, 3.8) is 0 Å². The van der Waals surface area contributed by atoms with Gasteiger partial charge in [-0.25, -0.2) is 0 Å². The number of carbonyl (C=O) groups excluding carboxylic acids is 1. The quantitative estimate of drug-likeness (QED) is 0.851. The van der Waals surface area contributed by atoms with Crippen molar-refractivity contribution in [3.8, 4) is 11.5 Å². The molecule has 23 heavy (non-hydrogen) atoms. The predicted molar refractivity (Wildman–Crippen MR) is 90.9 cm³/mol. The van der Waals surface area contributed by atoms with E-state index in [1.165, 1.54) is 0 Å². The van der Waals surface area contributed by atoms with E-state index in [4.69, 9.17) is 15.2 Å². The van der Waals surface area contributed by atoms with Gasteiger partial charge in [-0.2, -0.15) is 0 Å². The fourth-order valence-electron chi connectivity index (χ4n) is 2.61. The van der Waals surface area contributed by atoms with Crippen LogP contribution >= 0.6 is 0 Å². The van der Waals surface area contributed by atoms with Gasteiger partial charge in [-0.1, -0.05) is 30.3 Å². The highest BCUT2D eigenvalue weighted by Gasteiger charge is 2.20. The number of nitrogens with two attached hydrogens (primary N) is 1. The number of para-hydroxylation sites is 1. The van der Waals surface area contributed by atoms with Gasteiger partial charge in [0.15, 0.2) is 0 Å². The second kappa shape index (κ2) is 7.68. The summed E-state index contributed by atoms with van der Waals surface area (Å²) in [6.07, 6.45) is 0.349. The minimum absolute atomic E-state index is 0.122. The van der Waals surface area contributed by atoms with Crippen LogP contribution in [0.4, 0.5) is 0 Å². The summed E-state index contributed by atoms with van der Waals surface area (Å²) >= 11 is 0. The van der Waals surface area contributed by atoms with Crippen molar-refractivity contribution >= 4 is 5.91 Å². The Morgan fingerprint density at radius 2 is 1.74 bits per heavy atom. The highest BCUT2D eigenvalue weighted by molar-refractivity contribution is 5.75. The van der Waals surface area contributed by atoms with Crippen LogP contribution in [-0.4, -0.2) is 19.1 Å². The Labute approximate surface area is 137 Å². The molecular formula is C19H23NO3. The summed E-state index contributed by atoms with van der Waals surface area (Å²) in [7, 11) is 1.62. The Morgan fingerprint density at radius 1 is 1.09 bits per heavy atom. The van der Waals surface area contributed by atoms with E-state index in [2.05, 4.69) is 0 Å². The third-order valence-electron chi connectivity index (χ3n) is 3.57. The van der Waals surface area contributed by atoms with Crippen molar-refractivity contribution in [2.75, 3.05) is 7.11 Å². The topological polar surface area (TPSA) is 61.5 Å². The van der Waals surface area contributed by atoms with Gasteiger partial charge in [0.05, 0.1) is 13.2 Å². The van der Waals surface area contributed by atoms with Gasteiger partial charge >= 0.3 is 0 Å². The summed E-state index contributed by atoms with van der Waals surface area (Å²) in [5, 5.41) is 0. The van der Waals surface area contributed by atoms with Crippen LogP contribution in [-0.2, 0) is 4.79 Å². The lowest BCUT2D eigenvalue weighted by atomic mass is 9.87. The van der Waals surface area contributed by atoms with E-state index >= 15 is 0 Å². The standard InChI is InChI=1S/C19H23NO3/c1-13(2)23-15-10-8-14(9-11-15)17(12-19(20)21)16-6-4-5-7-18(16)22-3/h4-11,13,17H,12H2,1-3H3,(H2,20,21). The molecule has 0 aliphatic heterocycles. The summed E-state index contributed by atoms with van der Waals surface area (Å²) in [4.78, 5) is 11.5. The minimum Gasteiger partial charge on any atom is -0.496 e. The molecule has 4 nitrogen and oxygen atoms in total. The second-order valence-electron chi connectivity index (χ2n) is 5.70. The summed E-state index contributed by atoms with van der Waals surface area (Å²) in [5.41, 5.74) is 7.41. The summed E-state index contributed by atoms with van der Waals surface area (Å²) in [5.74, 6) is 1.07. The van der Waals surface area contributed by atoms with Gasteiger partial charge in [-0.15, -0.1) is 0 Å². The molecule has 0 aliphatic rings. The average Bonchev–Trinajstić information content (AvgIpc) is 2.53. The smallest absolute Gasteiger partial charge is 0.218 e. The van der Waals surface area contributed by atoms with Crippen molar-refractivity contribution in [1.29, 1.82) is 0 Å². The maximum atomic E-state index is 11.5. The van der Waals surface area contributed by atoms with Crippen molar-refractivity contribution in [2.45, 2.75) is 32.3 Å². The largest absolute Gasteiger partial charge is 0.496 e. The predicted octanol–water partition coefficient (Wildman–Crippen LogP) is 3.49. The van der Waals surface area contributed by atoms with Gasteiger partial charge in [-0.05, 0) is 37.6 Å². The number of methoxy groups -OCH3 is 1. The van der Waals surface area contributed by atoms with Gasteiger partial charge in [0, 0.05) is 17.9 Å². The number of ether oxygens (including phenoxy) is 2. The zero-order chi connectivity index (χ0) is 16.8. The lowest BCUT2D eigenvalue weighted by Gasteiger charge is -2.20. The molecule has 1 amide bonds. The molecule has 0 fully saturated rings. The first-order chi connectivity index (χ1) is 11.0. The zero-order valence-corrected chi connectivity index (χ0v) is 13.8. The molecule has 1 unspecified atom stereocenters. The van der Waals surface area contributed by atoms with Crippen molar-refractivity contribution in [1.82, 2.24) is 0 Å². The van der Waals surface area contributed by atoms with Crippen LogP contribution in [0, 0.1) is 0 Å². The van der Waals surface area contributed by atoms with E-state index < -0.39 is 0 Å². The molecule has 2 aromatic carbocycles. The molecule has 0 spiro atoms. The van der Waals surface area contributed by atoms with Gasteiger partial charge in [0.2, 0.25) is 5.91 Å². The van der Waals surface area contributed by atoms with E-state index in [9.17, 15) is 4.79 Å². The monoisotopic (exact) mass is 313 g/mol. The van der Waals surface area contributed by atoms with Crippen LogP contribution in [0.15, 0.2) is 48.5 Å². The lowest BCUT2D eigenvalue weighted by Crippen LogP contribution is -2.16. The Bertz CT molecular complexity index is 650. The first kappa shape index (κ1) is 16.9. The Morgan fingerprint density at radius 3 is 2.30 bits per heavy atom. The average molecular weight is 313 g/mol. The van der Waals surface area contributed by atoms with Crippen LogP contribution in [0.25, 0.3) is 0 Å². The maximum Gasteiger partial charge on any atom is 0.218 e. The fraction of sp³-hybridized carbons (Fsp3) is 0.316. The highest BCUT2D eigenvalue weighted by atomic mass is 16.5. The second-order valence-corrected chi connectivity index (χ2v) is 5.70. The number of amides is 1. The van der Waals surface area contributed by atoms with E-state index in [-0.39, 0.29) is 24.3 Å². The normalized spacial score (nSPS) is 12.0. The number of benzene rings is 2. The number of carbonyl (C=O) groups is 1. The lowest BCUT2D eigenvalue weighted by molar-refractivity contribution is -0.118. The van der Waals surface area contributed by atoms with Crippen LogP contribution < -0.4 is 15.2 Å². The van der Waals surface area contributed by atoms with Crippen molar-refractivity contribution in [3.05, 3.63) is 59.7 Å². The van der Waals surface area contributed by atoms with Gasteiger partial charge in [0.1, 0.15) is 11.5 Å². The zero-order valence-electron chi connectivity index (χ0n) is 13.8. The van der Waals surface area contributed by atoms with E-state index in [1.54, 1.807) is 7.11 Å².